The highest BCUT2D eigenvalue weighted by molar-refractivity contribution is 7.07. The fourth-order valence-corrected chi connectivity index (χ4v) is 4.01. The summed E-state index contributed by atoms with van der Waals surface area (Å²) in [6.07, 6.45) is 4.35. The zero-order valence-corrected chi connectivity index (χ0v) is 16.5. The number of nitro benzene ring substituents is 1. The summed E-state index contributed by atoms with van der Waals surface area (Å²) in [7, 11) is 0. The van der Waals surface area contributed by atoms with Gasteiger partial charge in [-0.25, -0.2) is 4.68 Å². The van der Waals surface area contributed by atoms with Gasteiger partial charge >= 0.3 is 0 Å². The summed E-state index contributed by atoms with van der Waals surface area (Å²) in [6.45, 7) is 8.64. The molecule has 0 amide bonds. The van der Waals surface area contributed by atoms with E-state index in [4.69, 9.17) is 5.10 Å². The second-order valence-corrected chi connectivity index (χ2v) is 8.00. The molecule has 1 aromatic heterocycles. The normalized spacial score (nSPS) is 19.4. The summed E-state index contributed by atoms with van der Waals surface area (Å²) in [5, 5.41) is 18.0. The standard InChI is InChI=1S/C20H24N4O2S/c1-14(2)12-21-20-23(22-17-8-4-6-15(3)10-17)19(13-27-20)16-7-5-9-18(11-16)24(25)26/h5,7,9,11,13,15H,1,4,6,8,10,12H2,2-3H3. The zero-order valence-electron chi connectivity index (χ0n) is 15.7. The summed E-state index contributed by atoms with van der Waals surface area (Å²) in [5.74, 6) is 0.633. The molecule has 3 rings (SSSR count). The Labute approximate surface area is 162 Å². The third kappa shape index (κ3) is 4.80. The number of nitrogens with zero attached hydrogens (tertiary/aromatic N) is 4. The molecule has 0 aliphatic heterocycles. The van der Waals surface area contributed by atoms with E-state index in [1.54, 1.807) is 12.1 Å². The Balaban J connectivity index is 2.10. The van der Waals surface area contributed by atoms with E-state index in [1.807, 2.05) is 23.0 Å². The molecule has 0 N–H and O–H groups in total. The van der Waals surface area contributed by atoms with Gasteiger partial charge in [-0.3, -0.25) is 15.1 Å². The van der Waals surface area contributed by atoms with Gasteiger partial charge in [0.25, 0.3) is 5.69 Å². The van der Waals surface area contributed by atoms with Crippen LogP contribution in [0.4, 0.5) is 5.69 Å². The van der Waals surface area contributed by atoms with Crippen molar-refractivity contribution in [3.8, 4) is 11.3 Å². The van der Waals surface area contributed by atoms with E-state index >= 15 is 0 Å². The summed E-state index contributed by atoms with van der Waals surface area (Å²) in [6, 6.07) is 6.67. The molecule has 1 aliphatic carbocycles. The summed E-state index contributed by atoms with van der Waals surface area (Å²) in [4.78, 5) is 16.2. The molecule has 0 spiro atoms. The van der Waals surface area contributed by atoms with Crippen molar-refractivity contribution in [2.45, 2.75) is 39.5 Å². The third-order valence-corrected chi connectivity index (χ3v) is 5.36. The van der Waals surface area contributed by atoms with E-state index < -0.39 is 0 Å². The van der Waals surface area contributed by atoms with E-state index in [-0.39, 0.29) is 10.6 Å². The fraction of sp³-hybridized carbons (Fsp3) is 0.400. The number of hydrogen-bond donors (Lipinski definition) is 0. The van der Waals surface area contributed by atoms with Gasteiger partial charge in [-0.15, -0.1) is 11.3 Å². The van der Waals surface area contributed by atoms with Crippen LogP contribution in [0.15, 0.2) is 51.9 Å². The highest BCUT2D eigenvalue weighted by atomic mass is 32.1. The van der Waals surface area contributed by atoms with Crippen molar-refractivity contribution >= 4 is 22.7 Å². The maximum atomic E-state index is 11.2. The molecule has 1 saturated carbocycles. The molecule has 0 radical (unpaired) electrons. The lowest BCUT2D eigenvalue weighted by molar-refractivity contribution is -0.384. The van der Waals surface area contributed by atoms with Gasteiger partial charge in [0.2, 0.25) is 4.80 Å². The Bertz CT molecular complexity index is 955. The lowest BCUT2D eigenvalue weighted by Gasteiger charge is -2.19. The summed E-state index contributed by atoms with van der Waals surface area (Å²) < 4.78 is 1.85. The van der Waals surface area contributed by atoms with Crippen molar-refractivity contribution in [2.24, 2.45) is 16.0 Å². The number of thiazole rings is 1. The predicted octanol–water partition coefficient (Wildman–Crippen LogP) is 5.02. The quantitative estimate of drug-likeness (QED) is 0.413. The average Bonchev–Trinajstić information content (AvgIpc) is 3.02. The number of non-ortho nitro benzene ring substituents is 1. The molecular weight excluding hydrogens is 360 g/mol. The number of hydrogen-bond acceptors (Lipinski definition) is 5. The molecule has 142 valence electrons. The van der Waals surface area contributed by atoms with E-state index in [2.05, 4.69) is 18.5 Å². The maximum absolute atomic E-state index is 11.2. The van der Waals surface area contributed by atoms with Crippen LogP contribution >= 0.6 is 11.3 Å². The Kier molecular flexibility index (Phi) is 6.01. The van der Waals surface area contributed by atoms with Gasteiger partial charge in [-0.05, 0) is 38.5 Å². The predicted molar refractivity (Wildman–Crippen MR) is 110 cm³/mol. The van der Waals surface area contributed by atoms with Crippen LogP contribution in [0.1, 0.15) is 39.5 Å². The lowest BCUT2D eigenvalue weighted by Crippen LogP contribution is -2.19. The highest BCUT2D eigenvalue weighted by Gasteiger charge is 2.17. The van der Waals surface area contributed by atoms with Gasteiger partial charge in [0.1, 0.15) is 0 Å². The highest BCUT2D eigenvalue weighted by Crippen LogP contribution is 2.26. The van der Waals surface area contributed by atoms with E-state index in [9.17, 15) is 10.1 Å². The molecule has 0 saturated heterocycles. The van der Waals surface area contributed by atoms with Crippen molar-refractivity contribution in [3.63, 3.8) is 0 Å². The summed E-state index contributed by atoms with van der Waals surface area (Å²) >= 11 is 1.49. The molecule has 1 aromatic carbocycles. The molecule has 0 bridgehead atoms. The minimum absolute atomic E-state index is 0.0737. The van der Waals surface area contributed by atoms with Crippen LogP contribution in [0.3, 0.4) is 0 Å². The van der Waals surface area contributed by atoms with Crippen LogP contribution in [0.25, 0.3) is 11.3 Å². The average molecular weight is 385 g/mol. The second-order valence-electron chi connectivity index (χ2n) is 7.16. The van der Waals surface area contributed by atoms with Crippen molar-refractivity contribution < 1.29 is 4.92 Å². The van der Waals surface area contributed by atoms with Crippen molar-refractivity contribution in [3.05, 3.63) is 56.7 Å². The third-order valence-electron chi connectivity index (χ3n) is 4.51. The molecule has 6 nitrogen and oxygen atoms in total. The van der Waals surface area contributed by atoms with E-state index in [0.717, 1.165) is 46.6 Å². The Morgan fingerprint density at radius 1 is 1.48 bits per heavy atom. The van der Waals surface area contributed by atoms with Crippen LogP contribution < -0.4 is 4.80 Å². The molecule has 1 aliphatic rings. The topological polar surface area (TPSA) is 72.8 Å². The molecule has 27 heavy (non-hydrogen) atoms. The minimum atomic E-state index is -0.374. The van der Waals surface area contributed by atoms with Crippen LogP contribution in [0.5, 0.6) is 0 Å². The van der Waals surface area contributed by atoms with Gasteiger partial charge in [0, 0.05) is 28.8 Å². The Hall–Kier alpha value is -2.54. The van der Waals surface area contributed by atoms with Crippen LogP contribution in [0.2, 0.25) is 0 Å². The van der Waals surface area contributed by atoms with Gasteiger partial charge < -0.3 is 0 Å². The Morgan fingerprint density at radius 2 is 2.30 bits per heavy atom. The first-order chi connectivity index (χ1) is 12.9. The monoisotopic (exact) mass is 384 g/mol. The first kappa shape index (κ1) is 19.2. The molecular formula is C20H24N4O2S. The minimum Gasteiger partial charge on any atom is -0.258 e. The first-order valence-corrected chi connectivity index (χ1v) is 9.99. The van der Waals surface area contributed by atoms with Crippen LogP contribution in [0, 0.1) is 16.0 Å². The van der Waals surface area contributed by atoms with Crippen molar-refractivity contribution in [1.29, 1.82) is 0 Å². The number of rotatable bonds is 5. The molecule has 1 unspecified atom stereocenters. The molecule has 1 heterocycles. The molecule has 1 fully saturated rings. The fourth-order valence-electron chi connectivity index (χ4n) is 3.18. The van der Waals surface area contributed by atoms with Crippen molar-refractivity contribution in [2.75, 3.05) is 6.54 Å². The van der Waals surface area contributed by atoms with Crippen LogP contribution in [-0.4, -0.2) is 21.9 Å². The van der Waals surface area contributed by atoms with Gasteiger partial charge in [-0.2, -0.15) is 5.10 Å². The largest absolute Gasteiger partial charge is 0.270 e. The molecule has 7 heteroatoms. The van der Waals surface area contributed by atoms with E-state index in [1.165, 1.54) is 23.8 Å². The maximum Gasteiger partial charge on any atom is 0.270 e. The smallest absolute Gasteiger partial charge is 0.258 e. The van der Waals surface area contributed by atoms with E-state index in [0.29, 0.717) is 12.5 Å². The van der Waals surface area contributed by atoms with Gasteiger partial charge in [0.05, 0.1) is 17.2 Å². The summed E-state index contributed by atoms with van der Waals surface area (Å²) in [5.41, 5.74) is 3.81. The molecule has 1 atom stereocenters. The van der Waals surface area contributed by atoms with Gasteiger partial charge in [0.15, 0.2) is 0 Å². The second kappa shape index (κ2) is 8.43. The number of aromatic nitrogens is 1. The lowest BCUT2D eigenvalue weighted by atomic mass is 9.89. The number of benzene rings is 1. The van der Waals surface area contributed by atoms with Gasteiger partial charge in [-0.1, -0.05) is 31.2 Å². The number of nitro groups is 1. The first-order valence-electron chi connectivity index (χ1n) is 9.11. The zero-order chi connectivity index (χ0) is 19.4. The Morgan fingerprint density at radius 3 is 3.00 bits per heavy atom. The van der Waals surface area contributed by atoms with Crippen molar-refractivity contribution in [1.82, 2.24) is 4.68 Å². The van der Waals surface area contributed by atoms with Crippen LogP contribution in [-0.2, 0) is 0 Å². The SMILES string of the molecule is C=C(C)CN=c1scc(-c2cccc([N+](=O)[O-])c2)n1N=C1CCCC(C)C1. The molecule has 2 aromatic rings.